The Balaban J connectivity index is 1.61. The Hall–Kier alpha value is -3.20. The molecule has 1 heterocycles. The van der Waals surface area contributed by atoms with E-state index in [1.54, 1.807) is 18.2 Å². The third kappa shape index (κ3) is 6.41. The predicted octanol–water partition coefficient (Wildman–Crippen LogP) is 4.20. The number of hydrogen-bond acceptors (Lipinski definition) is 5. The van der Waals surface area contributed by atoms with Crippen LogP contribution in [0.2, 0.25) is 0 Å². The maximum atomic E-state index is 14.3. The first-order valence-corrected chi connectivity index (χ1v) is 11.7. The summed E-state index contributed by atoms with van der Waals surface area (Å²) in [5.41, 5.74) is 3.04. The molecule has 0 aliphatic carbocycles. The topological polar surface area (TPSA) is 88.9 Å². The normalized spacial score (nSPS) is 11.0. The van der Waals surface area contributed by atoms with E-state index in [0.29, 0.717) is 23.1 Å². The van der Waals surface area contributed by atoms with E-state index in [1.165, 1.54) is 17.8 Å². The quantitative estimate of drug-likeness (QED) is 0.459. The minimum Gasteiger partial charge on any atom is -0.346 e. The van der Waals surface area contributed by atoms with Crippen LogP contribution in [0.25, 0.3) is 11.4 Å². The summed E-state index contributed by atoms with van der Waals surface area (Å²) < 4.78 is 16.1. The molecule has 0 aliphatic heterocycles. The van der Waals surface area contributed by atoms with Crippen molar-refractivity contribution >= 4 is 29.3 Å². The summed E-state index contributed by atoms with van der Waals surface area (Å²) in [5.74, 6) is -0.215. The zero-order valence-corrected chi connectivity index (χ0v) is 20.0. The Labute approximate surface area is 197 Å². The molecular formula is C24H28FN5O2S. The van der Waals surface area contributed by atoms with Gasteiger partial charge in [-0.15, -0.1) is 10.2 Å². The number of halogens is 1. The van der Waals surface area contributed by atoms with E-state index in [0.717, 1.165) is 16.8 Å². The Kier molecular flexibility index (Phi) is 8.21. The number of nitrogens with one attached hydrogen (secondary N) is 2. The van der Waals surface area contributed by atoms with E-state index in [4.69, 9.17) is 0 Å². The molecule has 0 bridgehead atoms. The van der Waals surface area contributed by atoms with Gasteiger partial charge in [-0.1, -0.05) is 55.9 Å². The minimum absolute atomic E-state index is 0.0597. The van der Waals surface area contributed by atoms with Crippen molar-refractivity contribution in [3.05, 3.63) is 59.4 Å². The van der Waals surface area contributed by atoms with Gasteiger partial charge in [0.15, 0.2) is 11.0 Å². The van der Waals surface area contributed by atoms with Crippen molar-refractivity contribution < 1.29 is 14.0 Å². The number of carbonyl (C=O) groups is 2. The number of hydrogen-bond donors (Lipinski definition) is 2. The van der Waals surface area contributed by atoms with Crippen LogP contribution in [0, 0.1) is 25.6 Å². The van der Waals surface area contributed by atoms with Gasteiger partial charge in [0.05, 0.1) is 17.9 Å². The maximum absolute atomic E-state index is 14.3. The van der Waals surface area contributed by atoms with Crippen LogP contribution in [0.3, 0.4) is 0 Å². The largest absolute Gasteiger partial charge is 0.346 e. The van der Waals surface area contributed by atoms with E-state index in [1.807, 2.05) is 50.5 Å². The van der Waals surface area contributed by atoms with E-state index in [9.17, 15) is 14.0 Å². The molecule has 2 amide bonds. The van der Waals surface area contributed by atoms with Crippen molar-refractivity contribution in [3.63, 3.8) is 0 Å². The van der Waals surface area contributed by atoms with Gasteiger partial charge in [0.1, 0.15) is 5.82 Å². The summed E-state index contributed by atoms with van der Waals surface area (Å²) in [6.07, 6.45) is 0. The molecule has 0 fully saturated rings. The lowest BCUT2D eigenvalue weighted by Gasteiger charge is -2.13. The Morgan fingerprint density at radius 1 is 1.03 bits per heavy atom. The van der Waals surface area contributed by atoms with Crippen LogP contribution in [-0.4, -0.2) is 38.9 Å². The third-order valence-corrected chi connectivity index (χ3v) is 5.87. The third-order valence-electron chi connectivity index (χ3n) is 4.90. The van der Waals surface area contributed by atoms with Gasteiger partial charge >= 0.3 is 0 Å². The van der Waals surface area contributed by atoms with Gasteiger partial charge in [0.25, 0.3) is 0 Å². The van der Waals surface area contributed by atoms with Gasteiger partial charge in [0, 0.05) is 12.2 Å². The van der Waals surface area contributed by atoms with Gasteiger partial charge in [-0.2, -0.15) is 0 Å². The second-order valence-electron chi connectivity index (χ2n) is 8.17. The van der Waals surface area contributed by atoms with Gasteiger partial charge in [-0.3, -0.25) is 9.59 Å². The molecule has 2 N–H and O–H groups in total. The van der Waals surface area contributed by atoms with Crippen LogP contribution >= 0.6 is 11.8 Å². The lowest BCUT2D eigenvalue weighted by atomic mass is 10.1. The van der Waals surface area contributed by atoms with Crippen molar-refractivity contribution in [2.24, 2.45) is 5.92 Å². The second-order valence-corrected chi connectivity index (χ2v) is 9.11. The Morgan fingerprint density at radius 2 is 1.73 bits per heavy atom. The summed E-state index contributed by atoms with van der Waals surface area (Å²) in [5, 5.41) is 14.3. The summed E-state index contributed by atoms with van der Waals surface area (Å²) in [6, 6.07) is 12.2. The number of benzene rings is 2. The predicted molar refractivity (Wildman–Crippen MR) is 129 cm³/mol. The molecule has 3 rings (SSSR count). The van der Waals surface area contributed by atoms with Crippen molar-refractivity contribution in [1.29, 1.82) is 0 Å². The number of thioether (sulfide) groups is 1. The molecule has 2 aromatic carbocycles. The first kappa shape index (κ1) is 24.4. The van der Waals surface area contributed by atoms with Crippen molar-refractivity contribution in [2.75, 3.05) is 17.6 Å². The standard InChI is InChI=1S/C24H28FN5O2S/c1-15(2)13-30-23(18-10-5-6-11-19(18)25)28-29-24(30)33-14-21(32)26-12-20(31)27-22-16(3)8-7-9-17(22)4/h5-11,15H,12-14H2,1-4H3,(H,26,32)(H,27,31). The molecule has 0 unspecified atom stereocenters. The smallest absolute Gasteiger partial charge is 0.243 e. The van der Waals surface area contributed by atoms with Gasteiger partial charge in [0.2, 0.25) is 11.8 Å². The van der Waals surface area contributed by atoms with E-state index >= 15 is 0 Å². The summed E-state index contributed by atoms with van der Waals surface area (Å²) >= 11 is 1.20. The molecule has 9 heteroatoms. The van der Waals surface area contributed by atoms with Crippen molar-refractivity contribution in [2.45, 2.75) is 39.4 Å². The first-order chi connectivity index (χ1) is 15.8. The SMILES string of the molecule is Cc1cccc(C)c1NC(=O)CNC(=O)CSc1nnc(-c2ccccc2F)n1CC(C)C. The van der Waals surface area contributed by atoms with Crippen molar-refractivity contribution in [1.82, 2.24) is 20.1 Å². The first-order valence-electron chi connectivity index (χ1n) is 10.7. The Morgan fingerprint density at radius 3 is 2.39 bits per heavy atom. The molecule has 0 saturated carbocycles. The van der Waals surface area contributed by atoms with Crippen LogP contribution < -0.4 is 10.6 Å². The number of para-hydroxylation sites is 1. The number of aryl methyl sites for hydroxylation is 2. The second kappa shape index (κ2) is 11.1. The highest BCUT2D eigenvalue weighted by Gasteiger charge is 2.19. The highest BCUT2D eigenvalue weighted by molar-refractivity contribution is 7.99. The van der Waals surface area contributed by atoms with E-state index in [-0.39, 0.29) is 35.8 Å². The molecular weight excluding hydrogens is 441 g/mol. The number of rotatable bonds is 9. The average Bonchev–Trinajstić information content (AvgIpc) is 3.15. The molecule has 0 saturated heterocycles. The number of nitrogens with zero attached hydrogens (tertiary/aromatic N) is 3. The lowest BCUT2D eigenvalue weighted by Crippen LogP contribution is -2.34. The fourth-order valence-electron chi connectivity index (χ4n) is 3.32. The molecule has 3 aromatic rings. The zero-order chi connectivity index (χ0) is 24.0. The lowest BCUT2D eigenvalue weighted by molar-refractivity contribution is -0.122. The van der Waals surface area contributed by atoms with Crippen LogP contribution in [0.1, 0.15) is 25.0 Å². The fraction of sp³-hybridized carbons (Fsp3) is 0.333. The molecule has 0 radical (unpaired) electrons. The molecule has 7 nitrogen and oxygen atoms in total. The molecule has 174 valence electrons. The summed E-state index contributed by atoms with van der Waals surface area (Å²) in [4.78, 5) is 24.6. The minimum atomic E-state index is -0.376. The summed E-state index contributed by atoms with van der Waals surface area (Å²) in [6.45, 7) is 8.37. The molecule has 33 heavy (non-hydrogen) atoms. The number of aromatic nitrogens is 3. The van der Waals surface area contributed by atoms with E-state index < -0.39 is 0 Å². The number of carbonyl (C=O) groups excluding carboxylic acids is 2. The van der Waals surface area contributed by atoms with Crippen LogP contribution in [-0.2, 0) is 16.1 Å². The van der Waals surface area contributed by atoms with Crippen LogP contribution in [0.4, 0.5) is 10.1 Å². The average molecular weight is 470 g/mol. The molecule has 0 aliphatic rings. The maximum Gasteiger partial charge on any atom is 0.243 e. The van der Waals surface area contributed by atoms with Crippen molar-refractivity contribution in [3.8, 4) is 11.4 Å². The molecule has 0 atom stereocenters. The van der Waals surface area contributed by atoms with Gasteiger partial charge in [-0.25, -0.2) is 4.39 Å². The zero-order valence-electron chi connectivity index (χ0n) is 19.2. The monoisotopic (exact) mass is 469 g/mol. The fourth-order valence-corrected chi connectivity index (χ4v) is 4.10. The Bertz CT molecular complexity index is 1130. The molecule has 1 aromatic heterocycles. The highest BCUT2D eigenvalue weighted by atomic mass is 32.2. The van der Waals surface area contributed by atoms with Gasteiger partial charge < -0.3 is 15.2 Å². The molecule has 0 spiro atoms. The summed E-state index contributed by atoms with van der Waals surface area (Å²) in [7, 11) is 0. The van der Waals surface area contributed by atoms with E-state index in [2.05, 4.69) is 20.8 Å². The van der Waals surface area contributed by atoms with Crippen LogP contribution in [0.5, 0.6) is 0 Å². The number of anilines is 1. The highest BCUT2D eigenvalue weighted by Crippen LogP contribution is 2.27. The van der Waals surface area contributed by atoms with Gasteiger partial charge in [-0.05, 0) is 43.0 Å². The number of amides is 2. The van der Waals surface area contributed by atoms with Crippen LogP contribution in [0.15, 0.2) is 47.6 Å².